The minimum atomic E-state index is -0.0694. The normalized spacial score (nSPS) is 15.0. The van der Waals surface area contributed by atoms with Gasteiger partial charge in [-0.2, -0.15) is 0 Å². The van der Waals surface area contributed by atoms with Gasteiger partial charge in [-0.1, -0.05) is 23.7 Å². The number of nitrogens with zero attached hydrogens (tertiary/aromatic N) is 1. The molecule has 3 rings (SSSR count). The van der Waals surface area contributed by atoms with Gasteiger partial charge in [0.25, 0.3) is 5.91 Å². The van der Waals surface area contributed by atoms with Crippen LogP contribution >= 0.6 is 11.6 Å². The zero-order chi connectivity index (χ0) is 18.7. The summed E-state index contributed by atoms with van der Waals surface area (Å²) < 4.78 is 0. The van der Waals surface area contributed by atoms with Gasteiger partial charge in [0, 0.05) is 35.3 Å². The molecule has 1 aliphatic heterocycles. The van der Waals surface area contributed by atoms with E-state index in [-0.39, 0.29) is 17.7 Å². The summed E-state index contributed by atoms with van der Waals surface area (Å²) in [4.78, 5) is 26.9. The summed E-state index contributed by atoms with van der Waals surface area (Å²) in [5.74, 6) is -0.0661. The summed E-state index contributed by atoms with van der Waals surface area (Å²) in [6, 6.07) is 12.9. The van der Waals surface area contributed by atoms with Crippen molar-refractivity contribution in [2.24, 2.45) is 5.92 Å². The van der Waals surface area contributed by atoms with Crippen LogP contribution in [-0.2, 0) is 4.79 Å². The minimum Gasteiger partial charge on any atom is -0.339 e. The lowest BCUT2D eigenvalue weighted by atomic mass is 9.95. The number of likely N-dealkylation sites (tertiary alicyclic amines) is 1. The molecule has 0 radical (unpaired) electrons. The Hall–Kier alpha value is -2.33. The number of nitrogens with one attached hydrogen (secondary N) is 1. The van der Waals surface area contributed by atoms with Crippen molar-refractivity contribution in [2.45, 2.75) is 26.7 Å². The van der Waals surface area contributed by atoms with E-state index in [2.05, 4.69) is 5.32 Å². The molecule has 2 aromatic rings. The van der Waals surface area contributed by atoms with Gasteiger partial charge in [-0.3, -0.25) is 9.59 Å². The third-order valence-electron chi connectivity index (χ3n) is 5.00. The summed E-state index contributed by atoms with van der Waals surface area (Å²) in [5.41, 5.74) is 3.78. The van der Waals surface area contributed by atoms with Crippen molar-refractivity contribution in [3.63, 3.8) is 0 Å². The van der Waals surface area contributed by atoms with E-state index < -0.39 is 0 Å². The Balaban J connectivity index is 1.56. The summed E-state index contributed by atoms with van der Waals surface area (Å²) >= 11 is 5.97. The van der Waals surface area contributed by atoms with Crippen LogP contribution in [0.15, 0.2) is 42.5 Å². The molecular weight excluding hydrogens is 348 g/mol. The van der Waals surface area contributed by atoms with Crippen LogP contribution in [0.5, 0.6) is 0 Å². The quantitative estimate of drug-likeness (QED) is 0.867. The van der Waals surface area contributed by atoms with Crippen molar-refractivity contribution >= 4 is 29.1 Å². The number of piperidine rings is 1. The molecular formula is C21H23ClN2O2. The summed E-state index contributed by atoms with van der Waals surface area (Å²) in [5, 5.41) is 3.56. The Kier molecular flexibility index (Phi) is 5.62. The van der Waals surface area contributed by atoms with Gasteiger partial charge in [-0.15, -0.1) is 0 Å². The largest absolute Gasteiger partial charge is 0.339 e. The molecule has 0 bridgehead atoms. The third-order valence-corrected chi connectivity index (χ3v) is 5.23. The second kappa shape index (κ2) is 7.92. The molecule has 5 heteroatoms. The fourth-order valence-corrected chi connectivity index (χ4v) is 3.40. The standard InChI is InChI=1S/C21H23ClN2O2/c1-14-6-7-19(12-15(14)2)23-20(25)16-8-10-24(11-9-16)21(26)17-4-3-5-18(22)13-17/h3-7,12-13,16H,8-11H2,1-2H3,(H,23,25). The van der Waals surface area contributed by atoms with E-state index in [1.165, 1.54) is 5.56 Å². The highest BCUT2D eigenvalue weighted by molar-refractivity contribution is 6.30. The van der Waals surface area contributed by atoms with Crippen LogP contribution in [0.4, 0.5) is 5.69 Å². The van der Waals surface area contributed by atoms with Crippen molar-refractivity contribution in [1.82, 2.24) is 4.90 Å². The lowest BCUT2D eigenvalue weighted by Crippen LogP contribution is -2.41. The van der Waals surface area contributed by atoms with Crippen molar-refractivity contribution in [3.8, 4) is 0 Å². The van der Waals surface area contributed by atoms with E-state index in [9.17, 15) is 9.59 Å². The molecule has 1 saturated heterocycles. The number of rotatable bonds is 3. The number of amides is 2. The number of aryl methyl sites for hydroxylation is 2. The summed E-state index contributed by atoms with van der Waals surface area (Å²) in [6.45, 7) is 5.24. The molecule has 1 heterocycles. The van der Waals surface area contributed by atoms with E-state index in [0.29, 0.717) is 36.5 Å². The van der Waals surface area contributed by atoms with Crippen molar-refractivity contribution < 1.29 is 9.59 Å². The highest BCUT2D eigenvalue weighted by Gasteiger charge is 2.28. The van der Waals surface area contributed by atoms with Crippen LogP contribution < -0.4 is 5.32 Å². The number of carbonyl (C=O) groups excluding carboxylic acids is 2. The molecule has 4 nitrogen and oxygen atoms in total. The predicted octanol–water partition coefficient (Wildman–Crippen LogP) is 4.45. The van der Waals surface area contributed by atoms with Gasteiger partial charge < -0.3 is 10.2 Å². The Labute approximate surface area is 159 Å². The van der Waals surface area contributed by atoms with E-state index in [1.54, 1.807) is 29.2 Å². The number of carbonyl (C=O) groups is 2. The SMILES string of the molecule is Cc1ccc(NC(=O)C2CCN(C(=O)c3cccc(Cl)c3)CC2)cc1C. The molecule has 0 atom stereocenters. The third kappa shape index (κ3) is 4.25. The second-order valence-electron chi connectivity index (χ2n) is 6.87. The van der Waals surface area contributed by atoms with Crippen LogP contribution in [0.2, 0.25) is 5.02 Å². The van der Waals surface area contributed by atoms with Crippen LogP contribution in [-0.4, -0.2) is 29.8 Å². The smallest absolute Gasteiger partial charge is 0.253 e. The number of benzene rings is 2. The lowest BCUT2D eigenvalue weighted by molar-refractivity contribution is -0.121. The first kappa shape index (κ1) is 18.5. The van der Waals surface area contributed by atoms with Crippen molar-refractivity contribution in [1.29, 1.82) is 0 Å². The Morgan fingerprint density at radius 1 is 1.04 bits per heavy atom. The first-order valence-corrected chi connectivity index (χ1v) is 9.25. The number of anilines is 1. The molecule has 1 N–H and O–H groups in total. The Morgan fingerprint density at radius 3 is 2.42 bits per heavy atom. The molecule has 2 aromatic carbocycles. The number of hydrogen-bond acceptors (Lipinski definition) is 2. The van der Waals surface area contributed by atoms with Crippen molar-refractivity contribution in [2.75, 3.05) is 18.4 Å². The fraction of sp³-hybridized carbons (Fsp3) is 0.333. The molecule has 26 heavy (non-hydrogen) atoms. The first-order valence-electron chi connectivity index (χ1n) is 8.87. The highest BCUT2D eigenvalue weighted by atomic mass is 35.5. The number of hydrogen-bond donors (Lipinski definition) is 1. The minimum absolute atomic E-state index is 0.0273. The maximum absolute atomic E-state index is 12.6. The Bertz CT molecular complexity index is 827. The molecule has 0 saturated carbocycles. The van der Waals surface area contributed by atoms with Crippen LogP contribution in [0.1, 0.15) is 34.3 Å². The first-order chi connectivity index (χ1) is 12.4. The van der Waals surface area contributed by atoms with Gasteiger partial charge >= 0.3 is 0 Å². The molecule has 0 spiro atoms. The molecule has 2 amide bonds. The topological polar surface area (TPSA) is 49.4 Å². The predicted molar refractivity (Wildman–Crippen MR) is 105 cm³/mol. The van der Waals surface area contributed by atoms with Gasteiger partial charge in [0.15, 0.2) is 0 Å². The average Bonchev–Trinajstić information content (AvgIpc) is 2.64. The maximum atomic E-state index is 12.6. The summed E-state index contributed by atoms with van der Waals surface area (Å²) in [6.07, 6.45) is 1.34. The molecule has 0 aromatic heterocycles. The van der Waals surface area contributed by atoms with Gasteiger partial charge in [0.2, 0.25) is 5.91 Å². The zero-order valence-electron chi connectivity index (χ0n) is 15.1. The maximum Gasteiger partial charge on any atom is 0.253 e. The van der Waals surface area contributed by atoms with E-state index in [1.807, 2.05) is 32.0 Å². The molecule has 0 unspecified atom stereocenters. The second-order valence-corrected chi connectivity index (χ2v) is 7.30. The van der Waals surface area contributed by atoms with Crippen LogP contribution in [0.25, 0.3) is 0 Å². The van der Waals surface area contributed by atoms with Gasteiger partial charge in [-0.05, 0) is 68.1 Å². The monoisotopic (exact) mass is 370 g/mol. The lowest BCUT2D eigenvalue weighted by Gasteiger charge is -2.31. The Morgan fingerprint density at radius 2 is 1.77 bits per heavy atom. The van der Waals surface area contributed by atoms with E-state index in [0.717, 1.165) is 11.3 Å². The van der Waals surface area contributed by atoms with Crippen LogP contribution in [0.3, 0.4) is 0 Å². The molecule has 1 fully saturated rings. The molecule has 1 aliphatic rings. The molecule has 136 valence electrons. The fourth-order valence-electron chi connectivity index (χ4n) is 3.21. The van der Waals surface area contributed by atoms with Crippen molar-refractivity contribution in [3.05, 3.63) is 64.2 Å². The molecule has 0 aliphatic carbocycles. The van der Waals surface area contributed by atoms with Gasteiger partial charge in [0.1, 0.15) is 0 Å². The zero-order valence-corrected chi connectivity index (χ0v) is 15.8. The van der Waals surface area contributed by atoms with Gasteiger partial charge in [0.05, 0.1) is 0 Å². The highest BCUT2D eigenvalue weighted by Crippen LogP contribution is 2.22. The van der Waals surface area contributed by atoms with Crippen LogP contribution in [0, 0.1) is 19.8 Å². The average molecular weight is 371 g/mol. The van der Waals surface area contributed by atoms with Gasteiger partial charge in [-0.25, -0.2) is 0 Å². The van der Waals surface area contributed by atoms with E-state index in [4.69, 9.17) is 11.6 Å². The summed E-state index contributed by atoms with van der Waals surface area (Å²) in [7, 11) is 0. The van der Waals surface area contributed by atoms with E-state index >= 15 is 0 Å². The number of halogens is 1.